The molecule has 1 N–H and O–H groups in total. The van der Waals surface area contributed by atoms with Crippen LogP contribution in [0.15, 0.2) is 70.8 Å². The zero-order chi connectivity index (χ0) is 22.1. The number of carbonyl (C=O) groups is 1. The van der Waals surface area contributed by atoms with Crippen molar-refractivity contribution in [2.45, 2.75) is 6.10 Å². The van der Waals surface area contributed by atoms with Gasteiger partial charge in [-0.15, -0.1) is 11.3 Å². The number of Topliss-reactive ketones (excluding diaryl/α,β-unsaturated/α-hetero) is 1. The number of carbonyl (C=O) groups excluding carboxylic acids is 1. The fraction of sp³-hybridized carbons (Fsp3) is 0.208. The summed E-state index contributed by atoms with van der Waals surface area (Å²) in [7, 11) is 0. The van der Waals surface area contributed by atoms with E-state index in [1.54, 1.807) is 18.2 Å². The Hall–Kier alpha value is -3.07. The van der Waals surface area contributed by atoms with E-state index < -0.39 is 6.10 Å². The molecule has 1 aliphatic heterocycles. The molecule has 0 radical (unpaired) electrons. The number of piperazine rings is 1. The third kappa shape index (κ3) is 4.04. The molecule has 0 saturated carbocycles. The summed E-state index contributed by atoms with van der Waals surface area (Å²) in [5, 5.41) is 13.1. The van der Waals surface area contributed by atoms with E-state index >= 15 is 0 Å². The van der Waals surface area contributed by atoms with E-state index in [9.17, 15) is 14.7 Å². The first-order valence-corrected chi connectivity index (χ1v) is 12.1. The minimum absolute atomic E-state index is 0.0608. The summed E-state index contributed by atoms with van der Waals surface area (Å²) < 4.78 is 0.780. The number of hydrogen-bond acceptors (Lipinski definition) is 8. The predicted molar refractivity (Wildman–Crippen MR) is 130 cm³/mol. The standard InChI is InChI=1S/C24H21N3O3S2/c28-20(16-5-2-1-3-6-16)21(29)17-7-4-8-18(15-17)26-10-12-27(13-11-26)24-25-19-9-14-31-22(19)23(30)32-24/h1-9,14-15,20,28H,10-13H2. The Balaban J connectivity index is 1.29. The van der Waals surface area contributed by atoms with E-state index in [2.05, 4.69) is 14.8 Å². The van der Waals surface area contributed by atoms with Crippen molar-refractivity contribution in [2.75, 3.05) is 36.0 Å². The van der Waals surface area contributed by atoms with Crippen LogP contribution in [0.2, 0.25) is 0 Å². The average molecular weight is 464 g/mol. The second-order valence-electron chi connectivity index (χ2n) is 7.62. The number of ketones is 1. The van der Waals surface area contributed by atoms with E-state index in [1.807, 2.05) is 47.8 Å². The van der Waals surface area contributed by atoms with Gasteiger partial charge in [0, 0.05) is 37.4 Å². The number of anilines is 2. The minimum atomic E-state index is -1.18. The highest BCUT2D eigenvalue weighted by molar-refractivity contribution is 7.21. The van der Waals surface area contributed by atoms with E-state index in [-0.39, 0.29) is 10.5 Å². The van der Waals surface area contributed by atoms with Crippen LogP contribution in [0.3, 0.4) is 0 Å². The van der Waals surface area contributed by atoms with Crippen molar-refractivity contribution in [1.82, 2.24) is 4.98 Å². The molecule has 1 saturated heterocycles. The molecule has 0 spiro atoms. The molecule has 2 aromatic carbocycles. The molecule has 0 bridgehead atoms. The summed E-state index contributed by atoms with van der Waals surface area (Å²) in [5.41, 5.74) is 2.79. The summed E-state index contributed by atoms with van der Waals surface area (Å²) in [6.45, 7) is 2.99. The van der Waals surface area contributed by atoms with Crippen molar-refractivity contribution in [3.8, 4) is 0 Å². The van der Waals surface area contributed by atoms with Crippen LogP contribution in [-0.4, -0.2) is 42.1 Å². The third-order valence-corrected chi connectivity index (χ3v) is 7.59. The fourth-order valence-electron chi connectivity index (χ4n) is 3.89. The number of aliphatic hydroxyl groups excluding tert-OH is 1. The van der Waals surface area contributed by atoms with E-state index in [0.717, 1.165) is 47.2 Å². The maximum atomic E-state index is 12.8. The summed E-state index contributed by atoms with van der Waals surface area (Å²) in [4.78, 5) is 34.2. The van der Waals surface area contributed by atoms with Crippen LogP contribution in [0.25, 0.3) is 10.2 Å². The topological polar surface area (TPSA) is 73.7 Å². The number of thiophene rings is 1. The number of benzene rings is 2. The van der Waals surface area contributed by atoms with Crippen molar-refractivity contribution in [3.63, 3.8) is 0 Å². The number of hydrogen-bond donors (Lipinski definition) is 1. The molecule has 1 atom stereocenters. The van der Waals surface area contributed by atoms with Gasteiger partial charge in [0.15, 0.2) is 10.9 Å². The molecule has 3 heterocycles. The van der Waals surface area contributed by atoms with Gasteiger partial charge in [0.2, 0.25) is 0 Å². The Morgan fingerprint density at radius 2 is 1.72 bits per heavy atom. The summed E-state index contributed by atoms with van der Waals surface area (Å²) in [6, 6.07) is 18.3. The van der Waals surface area contributed by atoms with Gasteiger partial charge >= 0.3 is 0 Å². The molecule has 0 amide bonds. The normalized spacial score (nSPS) is 15.2. The molecule has 2 aromatic heterocycles. The SMILES string of the molecule is O=C(c1cccc(N2CCN(c3nc4ccsc4c(=O)s3)CC2)c1)C(O)c1ccccc1. The number of fused-ring (bicyclic) bond motifs is 1. The monoisotopic (exact) mass is 463 g/mol. The van der Waals surface area contributed by atoms with Crippen LogP contribution in [0.4, 0.5) is 10.8 Å². The maximum absolute atomic E-state index is 12.8. The Kier molecular flexibility index (Phi) is 5.73. The van der Waals surface area contributed by atoms with Crippen LogP contribution in [0.5, 0.6) is 0 Å². The van der Waals surface area contributed by atoms with Crippen molar-refractivity contribution < 1.29 is 9.90 Å². The Morgan fingerprint density at radius 3 is 2.50 bits per heavy atom. The van der Waals surface area contributed by atoms with Crippen molar-refractivity contribution in [1.29, 1.82) is 0 Å². The quantitative estimate of drug-likeness (QED) is 0.452. The van der Waals surface area contributed by atoms with Crippen molar-refractivity contribution >= 4 is 49.5 Å². The van der Waals surface area contributed by atoms with Gasteiger partial charge < -0.3 is 14.9 Å². The predicted octanol–water partition coefficient (Wildman–Crippen LogP) is 3.96. The van der Waals surface area contributed by atoms with Gasteiger partial charge in [-0.05, 0) is 29.1 Å². The molecule has 1 fully saturated rings. The number of aromatic nitrogens is 1. The lowest BCUT2D eigenvalue weighted by molar-refractivity contribution is 0.0747. The van der Waals surface area contributed by atoms with Crippen LogP contribution in [0.1, 0.15) is 22.0 Å². The third-order valence-electron chi connectivity index (χ3n) is 5.64. The van der Waals surface area contributed by atoms with Gasteiger partial charge in [-0.1, -0.05) is 53.8 Å². The van der Waals surface area contributed by atoms with Gasteiger partial charge in [-0.3, -0.25) is 9.59 Å². The maximum Gasteiger partial charge on any atom is 0.255 e. The molecule has 162 valence electrons. The summed E-state index contributed by atoms with van der Waals surface area (Å²) in [5.74, 6) is -0.310. The average Bonchev–Trinajstić information content (AvgIpc) is 3.33. The summed E-state index contributed by atoms with van der Waals surface area (Å²) in [6.07, 6.45) is -1.18. The highest BCUT2D eigenvalue weighted by atomic mass is 32.1. The lowest BCUT2D eigenvalue weighted by atomic mass is 9.99. The lowest BCUT2D eigenvalue weighted by Gasteiger charge is -2.36. The Bertz CT molecular complexity index is 1310. The largest absolute Gasteiger partial charge is 0.380 e. The van der Waals surface area contributed by atoms with Crippen LogP contribution >= 0.6 is 22.7 Å². The molecule has 8 heteroatoms. The van der Waals surface area contributed by atoms with E-state index in [1.165, 1.54) is 22.7 Å². The van der Waals surface area contributed by atoms with Gasteiger partial charge in [-0.25, -0.2) is 4.98 Å². The Labute approximate surface area is 193 Å². The van der Waals surface area contributed by atoms with Crippen LogP contribution in [0, 0.1) is 0 Å². The van der Waals surface area contributed by atoms with E-state index in [4.69, 9.17) is 0 Å². The molecule has 5 rings (SSSR count). The van der Waals surface area contributed by atoms with Crippen LogP contribution in [-0.2, 0) is 0 Å². The smallest absolute Gasteiger partial charge is 0.255 e. The number of nitrogens with zero attached hydrogens (tertiary/aromatic N) is 3. The van der Waals surface area contributed by atoms with Crippen LogP contribution < -0.4 is 14.5 Å². The first kappa shape index (κ1) is 20.8. The molecule has 32 heavy (non-hydrogen) atoms. The molecule has 6 nitrogen and oxygen atoms in total. The molecular formula is C24H21N3O3S2. The molecular weight excluding hydrogens is 442 g/mol. The highest BCUT2D eigenvalue weighted by Crippen LogP contribution is 2.26. The zero-order valence-electron chi connectivity index (χ0n) is 17.2. The van der Waals surface area contributed by atoms with Gasteiger partial charge in [0.05, 0.1) is 5.52 Å². The second-order valence-corrected chi connectivity index (χ2v) is 9.48. The Morgan fingerprint density at radius 1 is 0.969 bits per heavy atom. The highest BCUT2D eigenvalue weighted by Gasteiger charge is 2.23. The molecule has 4 aromatic rings. The first-order valence-electron chi connectivity index (χ1n) is 10.4. The number of aliphatic hydroxyl groups is 1. The molecule has 1 aliphatic rings. The van der Waals surface area contributed by atoms with Gasteiger partial charge in [0.1, 0.15) is 10.8 Å². The zero-order valence-corrected chi connectivity index (χ0v) is 18.8. The fourth-order valence-corrected chi connectivity index (χ4v) is 5.64. The second kappa shape index (κ2) is 8.82. The van der Waals surface area contributed by atoms with Gasteiger partial charge in [0.25, 0.3) is 4.74 Å². The van der Waals surface area contributed by atoms with Gasteiger partial charge in [-0.2, -0.15) is 0 Å². The minimum Gasteiger partial charge on any atom is -0.380 e. The number of rotatable bonds is 5. The van der Waals surface area contributed by atoms with Crippen molar-refractivity contribution in [2.24, 2.45) is 0 Å². The molecule has 1 unspecified atom stereocenters. The van der Waals surface area contributed by atoms with E-state index in [0.29, 0.717) is 11.1 Å². The summed E-state index contributed by atoms with van der Waals surface area (Å²) >= 11 is 2.64. The van der Waals surface area contributed by atoms with Crippen molar-refractivity contribution in [3.05, 3.63) is 86.7 Å². The molecule has 0 aliphatic carbocycles. The lowest BCUT2D eigenvalue weighted by Crippen LogP contribution is -2.46. The first-order chi connectivity index (χ1) is 15.6.